The maximum atomic E-state index is 5.93. The van der Waals surface area contributed by atoms with Crippen LogP contribution >= 0.6 is 35.2 Å². The van der Waals surface area contributed by atoms with Crippen molar-refractivity contribution in [2.75, 3.05) is 11.9 Å². The second kappa shape index (κ2) is 5.86. The van der Waals surface area contributed by atoms with Crippen LogP contribution in [-0.2, 0) is 6.54 Å². The smallest absolute Gasteiger partial charge is 0.129 e. The number of aromatic nitrogens is 1. The van der Waals surface area contributed by atoms with E-state index in [4.69, 9.17) is 29.6 Å². The zero-order chi connectivity index (χ0) is 14.0. The Hall–Kier alpha value is -1.17. The van der Waals surface area contributed by atoms with Gasteiger partial charge in [0.2, 0.25) is 0 Å². The van der Waals surface area contributed by atoms with Gasteiger partial charge in [-0.1, -0.05) is 23.8 Å². The van der Waals surface area contributed by atoms with Gasteiger partial charge in [0.25, 0.3) is 0 Å². The van der Waals surface area contributed by atoms with Gasteiger partial charge in [-0.2, -0.15) is 0 Å². The SMILES string of the molecule is Cc1cc(C(N)=S)cc(N(C)Cc2ccc(Cl)s2)n1. The van der Waals surface area contributed by atoms with E-state index in [0.717, 1.165) is 28.0 Å². The average molecular weight is 312 g/mol. The van der Waals surface area contributed by atoms with Crippen molar-refractivity contribution in [2.24, 2.45) is 5.73 Å². The van der Waals surface area contributed by atoms with Crippen LogP contribution in [0.1, 0.15) is 16.1 Å². The molecule has 0 unspecified atom stereocenters. The predicted molar refractivity (Wildman–Crippen MR) is 86.3 cm³/mol. The van der Waals surface area contributed by atoms with Gasteiger partial charge in [0.05, 0.1) is 10.9 Å². The molecule has 0 fully saturated rings. The van der Waals surface area contributed by atoms with Gasteiger partial charge in [-0.3, -0.25) is 0 Å². The quantitative estimate of drug-likeness (QED) is 0.879. The summed E-state index contributed by atoms with van der Waals surface area (Å²) >= 11 is 12.5. The van der Waals surface area contributed by atoms with E-state index in [9.17, 15) is 0 Å². The van der Waals surface area contributed by atoms with E-state index in [1.807, 2.05) is 38.2 Å². The number of rotatable bonds is 4. The average Bonchev–Trinajstić information content (AvgIpc) is 2.73. The molecule has 0 bridgehead atoms. The molecule has 6 heteroatoms. The van der Waals surface area contributed by atoms with Crippen LogP contribution in [0.4, 0.5) is 5.82 Å². The van der Waals surface area contributed by atoms with Crippen molar-refractivity contribution in [3.63, 3.8) is 0 Å². The summed E-state index contributed by atoms with van der Waals surface area (Å²) in [6.45, 7) is 2.69. The van der Waals surface area contributed by atoms with Crippen LogP contribution in [0, 0.1) is 6.92 Å². The van der Waals surface area contributed by atoms with E-state index in [1.54, 1.807) is 11.3 Å². The molecule has 2 aromatic heterocycles. The van der Waals surface area contributed by atoms with E-state index < -0.39 is 0 Å². The predicted octanol–water partition coefficient (Wildman–Crippen LogP) is 3.38. The molecule has 0 radical (unpaired) electrons. The molecule has 0 aliphatic carbocycles. The van der Waals surface area contributed by atoms with Crippen molar-refractivity contribution in [1.29, 1.82) is 0 Å². The lowest BCUT2D eigenvalue weighted by Crippen LogP contribution is -2.19. The Morgan fingerprint density at radius 1 is 1.47 bits per heavy atom. The zero-order valence-corrected chi connectivity index (χ0v) is 13.1. The van der Waals surface area contributed by atoms with Gasteiger partial charge in [0.1, 0.15) is 10.8 Å². The van der Waals surface area contributed by atoms with Crippen molar-refractivity contribution in [3.05, 3.63) is 44.7 Å². The number of halogens is 1. The van der Waals surface area contributed by atoms with Crippen molar-refractivity contribution in [1.82, 2.24) is 4.98 Å². The Morgan fingerprint density at radius 3 is 2.79 bits per heavy atom. The first-order valence-corrected chi connectivity index (χ1v) is 7.30. The lowest BCUT2D eigenvalue weighted by Gasteiger charge is -2.18. The van der Waals surface area contributed by atoms with Gasteiger partial charge in [-0.25, -0.2) is 4.98 Å². The molecule has 0 saturated heterocycles. The third-order valence-corrected chi connectivity index (χ3v) is 4.09. The number of nitrogens with zero attached hydrogens (tertiary/aromatic N) is 2. The van der Waals surface area contributed by atoms with Gasteiger partial charge in [0, 0.05) is 23.2 Å². The Bertz CT molecular complexity index is 610. The molecule has 2 rings (SSSR count). The normalized spacial score (nSPS) is 10.5. The Labute approximate surface area is 127 Å². The lowest BCUT2D eigenvalue weighted by molar-refractivity contribution is 0.905. The minimum absolute atomic E-state index is 0.388. The van der Waals surface area contributed by atoms with E-state index in [2.05, 4.69) is 9.88 Å². The molecule has 19 heavy (non-hydrogen) atoms. The highest BCUT2D eigenvalue weighted by Crippen LogP contribution is 2.24. The minimum atomic E-state index is 0.388. The fourth-order valence-electron chi connectivity index (χ4n) is 1.74. The van der Waals surface area contributed by atoms with Gasteiger partial charge < -0.3 is 10.6 Å². The second-order valence-corrected chi connectivity index (χ2v) is 6.52. The van der Waals surface area contributed by atoms with Gasteiger partial charge >= 0.3 is 0 Å². The summed E-state index contributed by atoms with van der Waals surface area (Å²) in [5, 5.41) is 0. The summed E-state index contributed by atoms with van der Waals surface area (Å²) in [6.07, 6.45) is 0. The van der Waals surface area contributed by atoms with Crippen molar-refractivity contribution >= 4 is 46.0 Å². The number of pyridine rings is 1. The highest BCUT2D eigenvalue weighted by Gasteiger charge is 2.09. The molecule has 3 nitrogen and oxygen atoms in total. The third kappa shape index (κ3) is 3.65. The van der Waals surface area contributed by atoms with Crippen LogP contribution in [0.5, 0.6) is 0 Å². The van der Waals surface area contributed by atoms with Crippen LogP contribution in [0.25, 0.3) is 0 Å². The Morgan fingerprint density at radius 2 is 2.21 bits per heavy atom. The first kappa shape index (κ1) is 14.2. The maximum absolute atomic E-state index is 5.93. The number of anilines is 1. The van der Waals surface area contributed by atoms with Crippen molar-refractivity contribution in [2.45, 2.75) is 13.5 Å². The Balaban J connectivity index is 2.23. The third-order valence-electron chi connectivity index (χ3n) is 2.64. The number of hydrogen-bond acceptors (Lipinski definition) is 4. The van der Waals surface area contributed by atoms with Crippen LogP contribution in [0.3, 0.4) is 0 Å². The first-order valence-electron chi connectivity index (χ1n) is 5.69. The molecule has 0 aliphatic heterocycles. The van der Waals surface area contributed by atoms with Crippen LogP contribution < -0.4 is 10.6 Å². The fourth-order valence-corrected chi connectivity index (χ4v) is 3.00. The van der Waals surface area contributed by atoms with Gasteiger partial charge in [0.15, 0.2) is 0 Å². The Kier molecular flexibility index (Phi) is 4.39. The molecule has 0 amide bonds. The molecule has 0 saturated carbocycles. The topological polar surface area (TPSA) is 42.1 Å². The number of hydrogen-bond donors (Lipinski definition) is 1. The summed E-state index contributed by atoms with van der Waals surface area (Å²) in [7, 11) is 1.98. The van der Waals surface area contributed by atoms with E-state index in [0.29, 0.717) is 4.99 Å². The molecular weight excluding hydrogens is 298 g/mol. The molecule has 2 N–H and O–H groups in total. The summed E-state index contributed by atoms with van der Waals surface area (Å²) < 4.78 is 0.796. The minimum Gasteiger partial charge on any atom is -0.389 e. The molecule has 0 spiro atoms. The van der Waals surface area contributed by atoms with Crippen LogP contribution in [0.2, 0.25) is 4.34 Å². The summed E-state index contributed by atoms with van der Waals surface area (Å²) in [6, 6.07) is 7.72. The summed E-state index contributed by atoms with van der Waals surface area (Å²) in [5.74, 6) is 0.854. The van der Waals surface area contributed by atoms with Gasteiger partial charge in [-0.05, 0) is 31.2 Å². The number of thiophene rings is 1. The second-order valence-electron chi connectivity index (χ2n) is 4.28. The summed E-state index contributed by atoms with van der Waals surface area (Å²) in [4.78, 5) is 8.13. The number of thiocarbonyl (C=S) groups is 1. The van der Waals surface area contributed by atoms with Crippen LogP contribution in [-0.4, -0.2) is 17.0 Å². The molecule has 0 atom stereocenters. The maximum Gasteiger partial charge on any atom is 0.129 e. The van der Waals surface area contributed by atoms with Crippen molar-refractivity contribution in [3.8, 4) is 0 Å². The standard InChI is InChI=1S/C13H14ClN3S2/c1-8-5-9(13(15)18)6-12(16-8)17(2)7-10-3-4-11(14)19-10/h3-6H,7H2,1-2H3,(H2,15,18). The lowest BCUT2D eigenvalue weighted by atomic mass is 10.2. The molecule has 2 heterocycles. The summed E-state index contributed by atoms with van der Waals surface area (Å²) in [5.41, 5.74) is 7.42. The highest BCUT2D eigenvalue weighted by molar-refractivity contribution is 7.80. The fraction of sp³-hybridized carbons (Fsp3) is 0.231. The van der Waals surface area contributed by atoms with E-state index >= 15 is 0 Å². The molecule has 100 valence electrons. The highest BCUT2D eigenvalue weighted by atomic mass is 35.5. The monoisotopic (exact) mass is 311 g/mol. The first-order chi connectivity index (χ1) is 8.95. The molecule has 0 aliphatic rings. The molecule has 0 aromatic carbocycles. The molecule has 2 aromatic rings. The van der Waals surface area contributed by atoms with Crippen LogP contribution in [0.15, 0.2) is 24.3 Å². The number of nitrogens with two attached hydrogens (primary N) is 1. The zero-order valence-electron chi connectivity index (χ0n) is 10.7. The number of aryl methyl sites for hydroxylation is 1. The van der Waals surface area contributed by atoms with Gasteiger partial charge in [-0.15, -0.1) is 11.3 Å². The van der Waals surface area contributed by atoms with E-state index in [1.165, 1.54) is 4.88 Å². The largest absolute Gasteiger partial charge is 0.389 e. The van der Waals surface area contributed by atoms with E-state index in [-0.39, 0.29) is 0 Å². The molecular formula is C13H14ClN3S2. The van der Waals surface area contributed by atoms with Crippen molar-refractivity contribution < 1.29 is 0 Å².